The smallest absolute Gasteiger partial charge is 0.216 e. The lowest BCUT2D eigenvalue weighted by Crippen LogP contribution is -2.05. The van der Waals surface area contributed by atoms with Crippen LogP contribution in [0.25, 0.3) is 0 Å². The molecule has 0 N–H and O–H groups in total. The zero-order valence-electron chi connectivity index (χ0n) is 12.8. The Bertz CT molecular complexity index is 469. The van der Waals surface area contributed by atoms with Crippen molar-refractivity contribution in [3.05, 3.63) is 35.9 Å². The van der Waals surface area contributed by atoms with Gasteiger partial charge in [0.1, 0.15) is 0 Å². The summed E-state index contributed by atoms with van der Waals surface area (Å²) < 4.78 is 10.7. The second-order valence-electron chi connectivity index (χ2n) is 5.06. The number of hydrogen-bond donors (Lipinski definition) is 0. The minimum atomic E-state index is 0.799. The fourth-order valence-electron chi connectivity index (χ4n) is 2.08. The van der Waals surface area contributed by atoms with Crippen molar-refractivity contribution in [3.8, 4) is 0 Å². The average Bonchev–Trinajstić information content (AvgIpc) is 2.93. The standard InChI is InChI=1S/C11H13NO.C6H11NO/c1-2-6-10(7-3-1)11-12-8-4-5-9-13-11;1-6-7-4-2-3-5-8-6/h1-3,6-7H,4-5,8-9H2;2-5H2,1H3. The van der Waals surface area contributed by atoms with E-state index >= 15 is 0 Å². The summed E-state index contributed by atoms with van der Waals surface area (Å²) in [4.78, 5) is 8.51. The molecule has 0 aliphatic carbocycles. The van der Waals surface area contributed by atoms with Crippen molar-refractivity contribution in [3.63, 3.8) is 0 Å². The van der Waals surface area contributed by atoms with Crippen LogP contribution >= 0.6 is 0 Å². The number of rotatable bonds is 1. The molecule has 1 aromatic rings. The Morgan fingerprint density at radius 1 is 0.810 bits per heavy atom. The Hall–Kier alpha value is -1.84. The maximum absolute atomic E-state index is 5.54. The third kappa shape index (κ3) is 5.98. The maximum atomic E-state index is 5.54. The van der Waals surface area contributed by atoms with Crippen LogP contribution in [0.2, 0.25) is 0 Å². The van der Waals surface area contributed by atoms with Gasteiger partial charge in [-0.15, -0.1) is 0 Å². The number of ether oxygens (including phenoxy) is 2. The summed E-state index contributed by atoms with van der Waals surface area (Å²) in [7, 11) is 0. The van der Waals surface area contributed by atoms with Crippen LogP contribution < -0.4 is 0 Å². The van der Waals surface area contributed by atoms with Crippen molar-refractivity contribution in [1.82, 2.24) is 0 Å². The Labute approximate surface area is 126 Å². The normalized spacial score (nSPS) is 18.5. The average molecular weight is 288 g/mol. The fourth-order valence-corrected chi connectivity index (χ4v) is 2.08. The van der Waals surface area contributed by atoms with Crippen molar-refractivity contribution < 1.29 is 9.47 Å². The highest BCUT2D eigenvalue weighted by Gasteiger charge is 2.06. The zero-order valence-corrected chi connectivity index (χ0v) is 12.8. The van der Waals surface area contributed by atoms with Gasteiger partial charge < -0.3 is 9.47 Å². The van der Waals surface area contributed by atoms with Gasteiger partial charge in [0.25, 0.3) is 0 Å². The summed E-state index contributed by atoms with van der Waals surface area (Å²) in [5, 5.41) is 0. The van der Waals surface area contributed by atoms with Gasteiger partial charge in [-0.2, -0.15) is 0 Å². The highest BCUT2D eigenvalue weighted by molar-refractivity contribution is 5.94. The lowest BCUT2D eigenvalue weighted by Gasteiger charge is -2.05. The van der Waals surface area contributed by atoms with Crippen LogP contribution in [-0.4, -0.2) is 38.1 Å². The Morgan fingerprint density at radius 3 is 2.24 bits per heavy atom. The van der Waals surface area contributed by atoms with Gasteiger partial charge in [-0.25, -0.2) is 0 Å². The molecule has 2 heterocycles. The second-order valence-corrected chi connectivity index (χ2v) is 5.06. The molecule has 3 rings (SSSR count). The molecule has 2 aliphatic rings. The van der Waals surface area contributed by atoms with Crippen LogP contribution in [0, 0.1) is 0 Å². The van der Waals surface area contributed by atoms with Crippen molar-refractivity contribution in [1.29, 1.82) is 0 Å². The molecule has 2 aliphatic heterocycles. The van der Waals surface area contributed by atoms with Crippen LogP contribution in [-0.2, 0) is 9.47 Å². The predicted molar refractivity (Wildman–Crippen MR) is 86.2 cm³/mol. The van der Waals surface area contributed by atoms with Crippen LogP contribution in [0.15, 0.2) is 40.3 Å². The van der Waals surface area contributed by atoms with Gasteiger partial charge in [0.05, 0.1) is 13.2 Å². The first-order valence-corrected chi connectivity index (χ1v) is 7.73. The zero-order chi connectivity index (χ0) is 14.8. The Kier molecular flexibility index (Phi) is 6.78. The molecule has 0 saturated carbocycles. The molecule has 0 saturated heterocycles. The second kappa shape index (κ2) is 9.16. The van der Waals surface area contributed by atoms with Crippen LogP contribution in [0.5, 0.6) is 0 Å². The molecule has 1 aromatic carbocycles. The minimum Gasteiger partial charge on any atom is -0.481 e. The van der Waals surface area contributed by atoms with E-state index < -0.39 is 0 Å². The summed E-state index contributed by atoms with van der Waals surface area (Å²) in [6, 6.07) is 10.1. The largest absolute Gasteiger partial charge is 0.481 e. The van der Waals surface area contributed by atoms with E-state index in [0.717, 1.165) is 62.9 Å². The summed E-state index contributed by atoms with van der Waals surface area (Å²) in [6.07, 6.45) is 4.58. The van der Waals surface area contributed by atoms with Gasteiger partial charge in [-0.3, -0.25) is 9.98 Å². The molecule has 0 atom stereocenters. The first-order chi connectivity index (χ1) is 10.4. The minimum absolute atomic E-state index is 0.799. The highest BCUT2D eigenvalue weighted by atomic mass is 16.5. The molecule has 0 bridgehead atoms. The van der Waals surface area contributed by atoms with Crippen molar-refractivity contribution in [2.45, 2.75) is 32.6 Å². The summed E-state index contributed by atoms with van der Waals surface area (Å²) in [5.74, 6) is 1.65. The highest BCUT2D eigenvalue weighted by Crippen LogP contribution is 2.07. The Morgan fingerprint density at radius 2 is 1.48 bits per heavy atom. The SMILES string of the molecule is CC1=NCCCCO1.c1ccc(C2=NCCCCO2)cc1. The van der Waals surface area contributed by atoms with E-state index in [2.05, 4.69) is 9.98 Å². The molecule has 0 amide bonds. The molecule has 0 radical (unpaired) electrons. The summed E-state index contributed by atoms with van der Waals surface area (Å²) in [6.45, 7) is 5.41. The Balaban J connectivity index is 0.000000173. The molecule has 0 fully saturated rings. The predicted octanol–water partition coefficient (Wildman–Crippen LogP) is 3.46. The number of benzene rings is 1. The van der Waals surface area contributed by atoms with Crippen molar-refractivity contribution in [2.24, 2.45) is 9.98 Å². The fraction of sp³-hybridized carbons (Fsp3) is 0.529. The van der Waals surface area contributed by atoms with Gasteiger partial charge in [0.15, 0.2) is 5.90 Å². The number of hydrogen-bond acceptors (Lipinski definition) is 4. The molecular weight excluding hydrogens is 264 g/mol. The van der Waals surface area contributed by atoms with Crippen molar-refractivity contribution >= 4 is 11.8 Å². The van der Waals surface area contributed by atoms with E-state index in [1.807, 2.05) is 37.3 Å². The third-order valence-corrected chi connectivity index (χ3v) is 3.27. The molecular formula is C17H24N2O2. The molecule has 4 heteroatoms. The van der Waals surface area contributed by atoms with E-state index in [4.69, 9.17) is 9.47 Å². The van der Waals surface area contributed by atoms with Gasteiger partial charge >= 0.3 is 0 Å². The van der Waals surface area contributed by atoms with E-state index in [1.54, 1.807) is 0 Å². The number of aliphatic imine (C=N–C) groups is 2. The van der Waals surface area contributed by atoms with Crippen LogP contribution in [0.3, 0.4) is 0 Å². The molecule has 0 unspecified atom stereocenters. The van der Waals surface area contributed by atoms with E-state index in [0.29, 0.717) is 0 Å². The van der Waals surface area contributed by atoms with Gasteiger partial charge in [-0.05, 0) is 37.8 Å². The van der Waals surface area contributed by atoms with E-state index in [9.17, 15) is 0 Å². The quantitative estimate of drug-likeness (QED) is 0.794. The summed E-state index contributed by atoms with van der Waals surface area (Å²) >= 11 is 0. The van der Waals surface area contributed by atoms with Crippen LogP contribution in [0.1, 0.15) is 38.2 Å². The topological polar surface area (TPSA) is 43.2 Å². The van der Waals surface area contributed by atoms with Gasteiger partial charge in [-0.1, -0.05) is 18.2 Å². The van der Waals surface area contributed by atoms with E-state index in [1.165, 1.54) is 6.42 Å². The van der Waals surface area contributed by atoms with Gasteiger partial charge in [0, 0.05) is 25.6 Å². The summed E-state index contributed by atoms with van der Waals surface area (Å²) in [5.41, 5.74) is 1.09. The molecule has 114 valence electrons. The monoisotopic (exact) mass is 288 g/mol. The van der Waals surface area contributed by atoms with E-state index in [-0.39, 0.29) is 0 Å². The molecule has 0 aromatic heterocycles. The molecule has 0 spiro atoms. The van der Waals surface area contributed by atoms with Gasteiger partial charge in [0.2, 0.25) is 5.90 Å². The lowest BCUT2D eigenvalue weighted by molar-refractivity contribution is 0.302. The maximum Gasteiger partial charge on any atom is 0.216 e. The first-order valence-electron chi connectivity index (χ1n) is 7.73. The molecule has 4 nitrogen and oxygen atoms in total. The van der Waals surface area contributed by atoms with Crippen LogP contribution in [0.4, 0.5) is 0 Å². The molecule has 21 heavy (non-hydrogen) atoms. The van der Waals surface area contributed by atoms with Crippen molar-refractivity contribution in [2.75, 3.05) is 26.3 Å². The lowest BCUT2D eigenvalue weighted by atomic mass is 10.2. The first kappa shape index (κ1) is 15.5. The number of nitrogens with zero attached hydrogens (tertiary/aromatic N) is 2. The third-order valence-electron chi connectivity index (χ3n) is 3.27.